The fourth-order valence-corrected chi connectivity index (χ4v) is 3.05. The van der Waals surface area contributed by atoms with Crippen LogP contribution in [0.15, 0.2) is 18.7 Å². The predicted octanol–water partition coefficient (Wildman–Crippen LogP) is 2.56. The minimum atomic E-state index is 0.621. The summed E-state index contributed by atoms with van der Waals surface area (Å²) in [7, 11) is 0. The maximum absolute atomic E-state index is 4.35. The molecule has 3 aromatic rings. The summed E-state index contributed by atoms with van der Waals surface area (Å²) < 4.78 is 1.72. The number of hydrogen-bond acceptors (Lipinski definition) is 5. The van der Waals surface area contributed by atoms with Gasteiger partial charge in [0.15, 0.2) is 11.6 Å². The average molecular weight is 283 g/mol. The molecule has 108 valence electrons. The largest absolute Gasteiger partial charge is 0.322 e. The number of fused-ring (bicyclic) bond motifs is 1. The fraction of sp³-hybridized carbons (Fsp3) is 0.429. The molecule has 0 saturated heterocycles. The molecule has 0 unspecified atom stereocenters. The van der Waals surface area contributed by atoms with E-state index in [-0.39, 0.29) is 0 Å². The van der Waals surface area contributed by atoms with Crippen molar-refractivity contribution in [3.63, 3.8) is 0 Å². The van der Waals surface area contributed by atoms with Crippen LogP contribution in [0.4, 0.5) is 11.6 Å². The van der Waals surface area contributed by atoms with Gasteiger partial charge in [-0.1, -0.05) is 12.8 Å². The monoisotopic (exact) mass is 283 g/mol. The maximum atomic E-state index is 4.35. The first-order valence-electron chi connectivity index (χ1n) is 7.28. The van der Waals surface area contributed by atoms with Crippen LogP contribution in [0.25, 0.3) is 5.52 Å². The lowest BCUT2D eigenvalue weighted by Gasteiger charge is -2.04. The summed E-state index contributed by atoms with van der Waals surface area (Å²) in [6.07, 6.45) is 8.33. The Balaban J connectivity index is 1.64. The topological polar surface area (TPSA) is 83.8 Å². The van der Waals surface area contributed by atoms with E-state index in [0.717, 1.165) is 22.8 Å². The van der Waals surface area contributed by atoms with E-state index in [2.05, 4.69) is 36.6 Å². The Morgan fingerprint density at radius 3 is 3.00 bits per heavy atom. The molecule has 0 atom stereocenters. The molecule has 7 nitrogen and oxygen atoms in total. The second kappa shape index (κ2) is 4.83. The molecule has 0 aliphatic heterocycles. The highest BCUT2D eigenvalue weighted by molar-refractivity contribution is 5.73. The van der Waals surface area contributed by atoms with Gasteiger partial charge in [-0.3, -0.25) is 5.10 Å². The van der Waals surface area contributed by atoms with E-state index in [1.54, 1.807) is 10.8 Å². The van der Waals surface area contributed by atoms with E-state index in [1.807, 2.05) is 6.92 Å². The molecule has 1 aliphatic carbocycles. The van der Waals surface area contributed by atoms with Gasteiger partial charge < -0.3 is 5.32 Å². The van der Waals surface area contributed by atoms with Crippen molar-refractivity contribution in [1.82, 2.24) is 29.8 Å². The van der Waals surface area contributed by atoms with Gasteiger partial charge >= 0.3 is 0 Å². The van der Waals surface area contributed by atoms with Gasteiger partial charge in [-0.05, 0) is 19.8 Å². The number of aromatic nitrogens is 6. The first kappa shape index (κ1) is 12.3. The number of aryl methyl sites for hydroxylation is 1. The van der Waals surface area contributed by atoms with E-state index < -0.39 is 0 Å². The van der Waals surface area contributed by atoms with Crippen molar-refractivity contribution in [1.29, 1.82) is 0 Å². The lowest BCUT2D eigenvalue weighted by Crippen LogP contribution is -2.00. The molecule has 3 heterocycles. The van der Waals surface area contributed by atoms with Crippen LogP contribution in [0.3, 0.4) is 0 Å². The van der Waals surface area contributed by atoms with Gasteiger partial charge in [-0.15, -0.1) is 0 Å². The molecule has 1 saturated carbocycles. The summed E-state index contributed by atoms with van der Waals surface area (Å²) in [5.74, 6) is 2.14. The number of nitrogens with zero attached hydrogens (tertiary/aromatic N) is 5. The molecule has 1 fully saturated rings. The van der Waals surface area contributed by atoms with E-state index in [4.69, 9.17) is 0 Å². The van der Waals surface area contributed by atoms with Gasteiger partial charge in [0.25, 0.3) is 0 Å². The molecule has 21 heavy (non-hydrogen) atoms. The second-order valence-electron chi connectivity index (χ2n) is 5.55. The van der Waals surface area contributed by atoms with Gasteiger partial charge in [0.2, 0.25) is 0 Å². The zero-order valence-corrected chi connectivity index (χ0v) is 11.9. The van der Waals surface area contributed by atoms with E-state index in [1.165, 1.54) is 37.7 Å². The fourth-order valence-electron chi connectivity index (χ4n) is 3.05. The number of aromatic amines is 1. The molecular formula is C14H17N7. The van der Waals surface area contributed by atoms with Crippen LogP contribution in [0.2, 0.25) is 0 Å². The zero-order chi connectivity index (χ0) is 14.2. The van der Waals surface area contributed by atoms with Crippen LogP contribution >= 0.6 is 0 Å². The minimum Gasteiger partial charge on any atom is -0.322 e. The lowest BCUT2D eigenvalue weighted by molar-refractivity contribution is 0.693. The van der Waals surface area contributed by atoms with Gasteiger partial charge in [0.1, 0.15) is 18.2 Å². The van der Waals surface area contributed by atoms with Gasteiger partial charge in [0.05, 0.1) is 5.69 Å². The Bertz CT molecular complexity index is 767. The van der Waals surface area contributed by atoms with Crippen LogP contribution < -0.4 is 5.32 Å². The smallest absolute Gasteiger partial charge is 0.161 e. The number of imidazole rings is 1. The highest BCUT2D eigenvalue weighted by atomic mass is 15.3. The summed E-state index contributed by atoms with van der Waals surface area (Å²) >= 11 is 0. The third-order valence-corrected chi connectivity index (χ3v) is 4.16. The van der Waals surface area contributed by atoms with Gasteiger partial charge in [0, 0.05) is 17.7 Å². The summed E-state index contributed by atoms with van der Waals surface area (Å²) in [5.41, 5.74) is 2.98. The van der Waals surface area contributed by atoms with Crippen LogP contribution in [-0.4, -0.2) is 29.8 Å². The maximum Gasteiger partial charge on any atom is 0.161 e. The Morgan fingerprint density at radius 2 is 2.14 bits per heavy atom. The minimum absolute atomic E-state index is 0.621. The summed E-state index contributed by atoms with van der Waals surface area (Å²) in [6, 6.07) is 2.08. The predicted molar refractivity (Wildman–Crippen MR) is 78.6 cm³/mol. The van der Waals surface area contributed by atoms with Crippen LogP contribution in [0.5, 0.6) is 0 Å². The van der Waals surface area contributed by atoms with Crippen molar-refractivity contribution < 1.29 is 0 Å². The molecule has 0 bridgehead atoms. The Morgan fingerprint density at radius 1 is 1.29 bits per heavy atom. The highest BCUT2D eigenvalue weighted by Gasteiger charge is 2.19. The number of hydrogen-bond donors (Lipinski definition) is 2. The van der Waals surface area contributed by atoms with E-state index >= 15 is 0 Å². The number of H-pyrrole nitrogens is 1. The average Bonchev–Trinajstić information content (AvgIpc) is 3.20. The normalized spacial score (nSPS) is 15.9. The molecule has 2 N–H and O–H groups in total. The molecule has 7 heteroatoms. The van der Waals surface area contributed by atoms with Crippen molar-refractivity contribution in [3.05, 3.63) is 30.1 Å². The van der Waals surface area contributed by atoms with Gasteiger partial charge in [-0.25, -0.2) is 14.5 Å². The first-order valence-corrected chi connectivity index (χ1v) is 7.28. The van der Waals surface area contributed by atoms with Gasteiger partial charge in [-0.2, -0.15) is 10.2 Å². The standard InChI is InChI=1S/C14H17N7/c1-9-13-14(15-7-17-21(13)8-16-9)18-12-6-11(19-20-12)10-4-2-3-5-10/h6-8,10H,2-5H2,1H3,(H2,15,17,18,19,20). The summed E-state index contributed by atoms with van der Waals surface area (Å²) in [4.78, 5) is 8.56. The van der Waals surface area contributed by atoms with Crippen molar-refractivity contribution in [2.45, 2.75) is 38.5 Å². The first-order chi connectivity index (χ1) is 10.3. The number of nitrogens with one attached hydrogen (secondary N) is 2. The van der Waals surface area contributed by atoms with Crippen molar-refractivity contribution >= 4 is 17.2 Å². The van der Waals surface area contributed by atoms with E-state index in [0.29, 0.717) is 5.92 Å². The highest BCUT2D eigenvalue weighted by Crippen LogP contribution is 2.34. The summed E-state index contributed by atoms with van der Waals surface area (Å²) in [5, 5.41) is 14.9. The molecule has 0 amide bonds. The molecule has 0 spiro atoms. The Kier molecular flexibility index (Phi) is 2.83. The summed E-state index contributed by atoms with van der Waals surface area (Å²) in [6.45, 7) is 1.94. The SMILES string of the molecule is Cc1ncn2ncnc(Nc3cc(C4CCCC4)[nH]n3)c12. The van der Waals surface area contributed by atoms with Crippen molar-refractivity contribution in [2.24, 2.45) is 0 Å². The van der Waals surface area contributed by atoms with Crippen LogP contribution in [-0.2, 0) is 0 Å². The van der Waals surface area contributed by atoms with Crippen LogP contribution in [0, 0.1) is 6.92 Å². The van der Waals surface area contributed by atoms with E-state index in [9.17, 15) is 0 Å². The van der Waals surface area contributed by atoms with Crippen molar-refractivity contribution in [2.75, 3.05) is 5.32 Å². The molecule has 3 aromatic heterocycles. The third kappa shape index (κ3) is 2.14. The van der Waals surface area contributed by atoms with Crippen LogP contribution in [0.1, 0.15) is 43.0 Å². The molecule has 1 aliphatic rings. The molecule has 0 radical (unpaired) electrons. The number of rotatable bonds is 3. The molecular weight excluding hydrogens is 266 g/mol. The number of anilines is 2. The molecule has 0 aromatic carbocycles. The second-order valence-corrected chi connectivity index (χ2v) is 5.55. The third-order valence-electron chi connectivity index (χ3n) is 4.16. The quantitative estimate of drug-likeness (QED) is 0.771. The lowest BCUT2D eigenvalue weighted by atomic mass is 10.0. The Hall–Kier alpha value is -2.44. The Labute approximate surface area is 121 Å². The zero-order valence-electron chi connectivity index (χ0n) is 11.9. The molecule has 4 rings (SSSR count). The van der Waals surface area contributed by atoms with Crippen molar-refractivity contribution in [3.8, 4) is 0 Å².